The molecule has 0 unspecified atom stereocenters. The molecule has 0 aliphatic heterocycles. The molecule has 2 aromatic rings. The molecule has 0 radical (unpaired) electrons. The lowest BCUT2D eigenvalue weighted by molar-refractivity contribution is 0.0944. The number of rotatable bonds is 6. The van der Waals surface area contributed by atoms with Crippen LogP contribution in [0.1, 0.15) is 21.5 Å². The molecule has 2 aromatic carbocycles. The van der Waals surface area contributed by atoms with Crippen molar-refractivity contribution in [3.8, 4) is 5.75 Å². The van der Waals surface area contributed by atoms with Gasteiger partial charge in [0.25, 0.3) is 5.91 Å². The van der Waals surface area contributed by atoms with Gasteiger partial charge in [-0.1, -0.05) is 35.9 Å². The Morgan fingerprint density at radius 3 is 2.67 bits per heavy atom. The lowest BCUT2D eigenvalue weighted by atomic mass is 10.1. The van der Waals surface area contributed by atoms with E-state index in [-0.39, 0.29) is 19.1 Å². The van der Waals surface area contributed by atoms with E-state index in [9.17, 15) is 4.79 Å². The zero-order valence-corrected chi connectivity index (χ0v) is 12.0. The number of aliphatic hydroxyl groups is 1. The second kappa shape index (κ2) is 7.45. The van der Waals surface area contributed by atoms with Crippen LogP contribution in [-0.2, 0) is 6.61 Å². The van der Waals surface area contributed by atoms with Crippen LogP contribution < -0.4 is 10.1 Å². The van der Waals surface area contributed by atoms with Gasteiger partial charge in [-0.15, -0.1) is 0 Å². The standard InChI is InChI=1S/C17H19NO3/c1-13-5-7-14(8-6-13)12-21-16-4-2-3-15(11-16)17(20)18-9-10-19/h2-8,11,19H,9-10,12H2,1H3,(H,18,20). The second-order valence-corrected chi connectivity index (χ2v) is 4.78. The van der Waals surface area contributed by atoms with Crippen molar-refractivity contribution in [2.45, 2.75) is 13.5 Å². The maximum absolute atomic E-state index is 11.8. The third-order valence-electron chi connectivity index (χ3n) is 3.02. The first kappa shape index (κ1) is 15.1. The number of aryl methyl sites for hydroxylation is 1. The molecule has 0 atom stereocenters. The molecule has 4 heteroatoms. The second-order valence-electron chi connectivity index (χ2n) is 4.78. The molecule has 0 bridgehead atoms. The summed E-state index contributed by atoms with van der Waals surface area (Å²) in [5.74, 6) is 0.428. The van der Waals surface area contributed by atoms with Gasteiger partial charge < -0.3 is 15.2 Å². The normalized spacial score (nSPS) is 10.2. The molecular weight excluding hydrogens is 266 g/mol. The van der Waals surface area contributed by atoms with Crippen molar-refractivity contribution in [3.63, 3.8) is 0 Å². The van der Waals surface area contributed by atoms with E-state index < -0.39 is 0 Å². The van der Waals surface area contributed by atoms with Gasteiger partial charge in [-0.05, 0) is 30.7 Å². The van der Waals surface area contributed by atoms with Crippen LogP contribution in [0, 0.1) is 6.92 Å². The van der Waals surface area contributed by atoms with E-state index in [1.165, 1.54) is 5.56 Å². The summed E-state index contributed by atoms with van der Waals surface area (Å²) in [5.41, 5.74) is 2.81. The average molecular weight is 285 g/mol. The third kappa shape index (κ3) is 4.61. The number of carbonyl (C=O) groups excluding carboxylic acids is 1. The fourth-order valence-corrected chi connectivity index (χ4v) is 1.85. The Bertz CT molecular complexity index is 593. The van der Waals surface area contributed by atoms with Gasteiger partial charge in [0.1, 0.15) is 12.4 Å². The molecule has 4 nitrogen and oxygen atoms in total. The first-order valence-corrected chi connectivity index (χ1v) is 6.86. The summed E-state index contributed by atoms with van der Waals surface area (Å²) < 4.78 is 5.70. The van der Waals surface area contributed by atoms with E-state index in [2.05, 4.69) is 5.32 Å². The summed E-state index contributed by atoms with van der Waals surface area (Å²) in [7, 11) is 0. The predicted octanol–water partition coefficient (Wildman–Crippen LogP) is 2.30. The highest BCUT2D eigenvalue weighted by molar-refractivity contribution is 5.94. The Kier molecular flexibility index (Phi) is 5.35. The predicted molar refractivity (Wildman–Crippen MR) is 81.4 cm³/mol. The van der Waals surface area contributed by atoms with Gasteiger partial charge >= 0.3 is 0 Å². The quantitative estimate of drug-likeness (QED) is 0.856. The van der Waals surface area contributed by atoms with Crippen LogP contribution in [0.4, 0.5) is 0 Å². The van der Waals surface area contributed by atoms with E-state index in [0.717, 1.165) is 5.56 Å². The molecule has 0 fully saturated rings. The van der Waals surface area contributed by atoms with Gasteiger partial charge in [-0.2, -0.15) is 0 Å². The lowest BCUT2D eigenvalue weighted by Crippen LogP contribution is -2.26. The van der Waals surface area contributed by atoms with Crippen molar-refractivity contribution in [2.24, 2.45) is 0 Å². The van der Waals surface area contributed by atoms with Crippen LogP contribution in [-0.4, -0.2) is 24.2 Å². The topological polar surface area (TPSA) is 58.6 Å². The zero-order valence-electron chi connectivity index (χ0n) is 12.0. The SMILES string of the molecule is Cc1ccc(COc2cccc(C(=O)NCCO)c2)cc1. The Labute approximate surface area is 124 Å². The van der Waals surface area contributed by atoms with Crippen LogP contribution in [0.2, 0.25) is 0 Å². The molecule has 0 saturated carbocycles. The zero-order chi connectivity index (χ0) is 15.1. The first-order chi connectivity index (χ1) is 10.2. The van der Waals surface area contributed by atoms with Crippen molar-refractivity contribution < 1.29 is 14.6 Å². The van der Waals surface area contributed by atoms with Crippen LogP contribution in [0.3, 0.4) is 0 Å². The maximum Gasteiger partial charge on any atom is 0.251 e. The number of hydrogen-bond donors (Lipinski definition) is 2. The largest absolute Gasteiger partial charge is 0.489 e. The smallest absolute Gasteiger partial charge is 0.251 e. The minimum atomic E-state index is -0.218. The van der Waals surface area contributed by atoms with Gasteiger partial charge in [0.15, 0.2) is 0 Å². The Hall–Kier alpha value is -2.33. The number of aliphatic hydroxyl groups excluding tert-OH is 1. The van der Waals surface area contributed by atoms with Gasteiger partial charge in [0.05, 0.1) is 6.61 Å². The van der Waals surface area contributed by atoms with Gasteiger partial charge in [-0.25, -0.2) is 0 Å². The fraction of sp³-hybridized carbons (Fsp3) is 0.235. The third-order valence-corrected chi connectivity index (χ3v) is 3.02. The number of hydrogen-bond acceptors (Lipinski definition) is 3. The molecular formula is C17H19NO3. The monoisotopic (exact) mass is 285 g/mol. The molecule has 0 spiro atoms. The number of benzene rings is 2. The van der Waals surface area contributed by atoms with Crippen LogP contribution >= 0.6 is 0 Å². The Morgan fingerprint density at radius 1 is 1.19 bits per heavy atom. The minimum Gasteiger partial charge on any atom is -0.489 e. The van der Waals surface area contributed by atoms with Crippen molar-refractivity contribution in [1.29, 1.82) is 0 Å². The molecule has 2 rings (SSSR count). The minimum absolute atomic E-state index is 0.0741. The maximum atomic E-state index is 11.8. The Balaban J connectivity index is 1.97. The van der Waals surface area contributed by atoms with E-state index >= 15 is 0 Å². The molecule has 1 amide bonds. The van der Waals surface area contributed by atoms with Crippen molar-refractivity contribution in [2.75, 3.05) is 13.2 Å². The van der Waals surface area contributed by atoms with Crippen LogP contribution in [0.15, 0.2) is 48.5 Å². The van der Waals surface area contributed by atoms with E-state index in [1.807, 2.05) is 37.3 Å². The molecule has 0 aliphatic carbocycles. The molecule has 0 heterocycles. The van der Waals surface area contributed by atoms with Gasteiger partial charge in [0, 0.05) is 12.1 Å². The number of carbonyl (C=O) groups is 1. The summed E-state index contributed by atoms with van der Waals surface area (Å²) >= 11 is 0. The Morgan fingerprint density at radius 2 is 1.95 bits per heavy atom. The number of nitrogens with one attached hydrogen (secondary N) is 1. The average Bonchev–Trinajstić information content (AvgIpc) is 2.52. The summed E-state index contributed by atoms with van der Waals surface area (Å²) in [6.45, 7) is 2.67. The van der Waals surface area contributed by atoms with E-state index in [1.54, 1.807) is 18.2 Å². The van der Waals surface area contributed by atoms with Gasteiger partial charge in [0.2, 0.25) is 0 Å². The van der Waals surface area contributed by atoms with Crippen LogP contribution in [0.25, 0.3) is 0 Å². The fourth-order valence-electron chi connectivity index (χ4n) is 1.85. The lowest BCUT2D eigenvalue weighted by Gasteiger charge is -2.08. The first-order valence-electron chi connectivity index (χ1n) is 6.86. The van der Waals surface area contributed by atoms with Crippen molar-refractivity contribution >= 4 is 5.91 Å². The molecule has 21 heavy (non-hydrogen) atoms. The highest BCUT2D eigenvalue weighted by atomic mass is 16.5. The highest BCUT2D eigenvalue weighted by Gasteiger charge is 2.06. The molecule has 2 N–H and O–H groups in total. The molecule has 110 valence electrons. The molecule has 0 aromatic heterocycles. The molecule has 0 aliphatic rings. The van der Waals surface area contributed by atoms with E-state index in [4.69, 9.17) is 9.84 Å². The number of amides is 1. The van der Waals surface area contributed by atoms with E-state index in [0.29, 0.717) is 17.9 Å². The summed E-state index contributed by atoms with van der Waals surface area (Å²) in [6, 6.07) is 15.1. The van der Waals surface area contributed by atoms with Gasteiger partial charge in [-0.3, -0.25) is 4.79 Å². The van der Waals surface area contributed by atoms with Crippen molar-refractivity contribution in [1.82, 2.24) is 5.32 Å². The van der Waals surface area contributed by atoms with Crippen LogP contribution in [0.5, 0.6) is 5.75 Å². The van der Waals surface area contributed by atoms with Crippen molar-refractivity contribution in [3.05, 3.63) is 65.2 Å². The summed E-state index contributed by atoms with van der Waals surface area (Å²) in [6.07, 6.45) is 0. The molecule has 0 saturated heterocycles. The summed E-state index contributed by atoms with van der Waals surface area (Å²) in [5, 5.41) is 11.3. The summed E-state index contributed by atoms with van der Waals surface area (Å²) in [4.78, 5) is 11.8. The number of ether oxygens (including phenoxy) is 1. The highest BCUT2D eigenvalue weighted by Crippen LogP contribution is 2.15.